The lowest BCUT2D eigenvalue weighted by molar-refractivity contribution is -0.384. The van der Waals surface area contributed by atoms with Crippen molar-refractivity contribution >= 4 is 17.0 Å². The van der Waals surface area contributed by atoms with Crippen LogP contribution in [0.1, 0.15) is 41.4 Å². The van der Waals surface area contributed by atoms with Crippen LogP contribution < -0.4 is 0 Å². The molecule has 1 fully saturated rings. The van der Waals surface area contributed by atoms with Gasteiger partial charge in [-0.2, -0.15) is 0 Å². The first kappa shape index (κ1) is 19.4. The molecule has 0 unspecified atom stereocenters. The Hall–Kier alpha value is -2.58. The van der Waals surface area contributed by atoms with E-state index < -0.39 is 0 Å². The van der Waals surface area contributed by atoms with Crippen LogP contribution in [0.15, 0.2) is 35.7 Å². The number of aryl methyl sites for hydroxylation is 1. The summed E-state index contributed by atoms with van der Waals surface area (Å²) >= 11 is 1.83. The minimum Gasteiger partial charge on any atom is -0.311 e. The quantitative estimate of drug-likeness (QED) is 0.452. The van der Waals surface area contributed by atoms with Gasteiger partial charge in [-0.25, -0.2) is 0 Å². The Morgan fingerprint density at radius 2 is 1.90 bits per heavy atom. The van der Waals surface area contributed by atoms with Gasteiger partial charge in [0.1, 0.15) is 5.82 Å². The van der Waals surface area contributed by atoms with Crippen molar-refractivity contribution in [3.8, 4) is 11.4 Å². The van der Waals surface area contributed by atoms with Crippen LogP contribution in [-0.2, 0) is 19.4 Å². The average Bonchev–Trinajstić information content (AvgIpc) is 3.36. The smallest absolute Gasteiger partial charge is 0.269 e. The standard InChI is InChI=1S/C22H25N5O2S/c28-27(29)18-5-3-16(4-6-18)7-12-25-13-8-17(9-14-25)21-23-24-22-19-10-15-30-20(19)2-1-11-26(21)22/h3-6,10,15,17H,1-2,7-9,11-14H2. The third-order valence-electron chi connectivity index (χ3n) is 6.37. The zero-order chi connectivity index (χ0) is 20.5. The van der Waals surface area contributed by atoms with Crippen molar-refractivity contribution in [2.45, 2.75) is 44.6 Å². The lowest BCUT2D eigenvalue weighted by Gasteiger charge is -2.31. The monoisotopic (exact) mass is 423 g/mol. The van der Waals surface area contributed by atoms with Gasteiger partial charge in [-0.1, -0.05) is 12.1 Å². The molecule has 0 aliphatic carbocycles. The van der Waals surface area contributed by atoms with Gasteiger partial charge in [0.15, 0.2) is 5.82 Å². The molecule has 0 amide bonds. The molecule has 2 aromatic heterocycles. The zero-order valence-electron chi connectivity index (χ0n) is 16.9. The third-order valence-corrected chi connectivity index (χ3v) is 7.35. The second-order valence-electron chi connectivity index (χ2n) is 8.18. The van der Waals surface area contributed by atoms with E-state index in [0.29, 0.717) is 5.92 Å². The molecule has 0 N–H and O–H groups in total. The van der Waals surface area contributed by atoms with Crippen molar-refractivity contribution in [1.82, 2.24) is 19.7 Å². The predicted molar refractivity (Wildman–Crippen MR) is 117 cm³/mol. The maximum atomic E-state index is 10.8. The number of nitro benzene ring substituents is 1. The summed E-state index contributed by atoms with van der Waals surface area (Å²) in [4.78, 5) is 14.4. The summed E-state index contributed by atoms with van der Waals surface area (Å²) in [5.41, 5.74) is 2.58. The zero-order valence-corrected chi connectivity index (χ0v) is 17.7. The van der Waals surface area contributed by atoms with E-state index in [1.54, 1.807) is 12.1 Å². The number of rotatable bonds is 5. The molecule has 3 aromatic rings. The highest BCUT2D eigenvalue weighted by molar-refractivity contribution is 7.10. The van der Waals surface area contributed by atoms with Crippen LogP contribution in [0.5, 0.6) is 0 Å². The largest absolute Gasteiger partial charge is 0.311 e. The number of hydrogen-bond acceptors (Lipinski definition) is 6. The van der Waals surface area contributed by atoms with Gasteiger partial charge in [0, 0.05) is 41.6 Å². The number of aromatic nitrogens is 3. The summed E-state index contributed by atoms with van der Waals surface area (Å²) < 4.78 is 2.37. The summed E-state index contributed by atoms with van der Waals surface area (Å²) in [5, 5.41) is 22.2. The number of hydrogen-bond donors (Lipinski definition) is 0. The fraction of sp³-hybridized carbons (Fsp3) is 0.455. The average molecular weight is 424 g/mol. The number of piperidine rings is 1. The molecule has 7 nitrogen and oxygen atoms in total. The van der Waals surface area contributed by atoms with Crippen molar-refractivity contribution in [3.05, 3.63) is 62.1 Å². The van der Waals surface area contributed by atoms with Crippen LogP contribution in [0.2, 0.25) is 0 Å². The van der Waals surface area contributed by atoms with Gasteiger partial charge in [0.2, 0.25) is 0 Å². The fourth-order valence-corrected chi connectivity index (χ4v) is 5.57. The van der Waals surface area contributed by atoms with Gasteiger partial charge in [0.25, 0.3) is 5.69 Å². The SMILES string of the molecule is O=[N+]([O-])c1ccc(CCN2CCC(c3nnc4n3CCCc3sccc3-4)CC2)cc1. The minimum atomic E-state index is -0.348. The predicted octanol–water partition coefficient (Wildman–Crippen LogP) is 4.28. The van der Waals surface area contributed by atoms with Gasteiger partial charge in [-0.05, 0) is 62.2 Å². The molecule has 0 atom stereocenters. The molecule has 0 radical (unpaired) electrons. The topological polar surface area (TPSA) is 77.1 Å². The number of likely N-dealkylation sites (tertiary alicyclic amines) is 1. The number of benzene rings is 1. The third kappa shape index (κ3) is 3.77. The van der Waals surface area contributed by atoms with Crippen LogP contribution in [0.4, 0.5) is 5.69 Å². The second kappa shape index (κ2) is 8.28. The number of nitro groups is 1. The molecule has 0 saturated carbocycles. The van der Waals surface area contributed by atoms with E-state index in [1.807, 2.05) is 23.5 Å². The Morgan fingerprint density at radius 1 is 1.10 bits per heavy atom. The summed E-state index contributed by atoms with van der Waals surface area (Å²) in [5.74, 6) is 2.69. The van der Waals surface area contributed by atoms with E-state index >= 15 is 0 Å². The Morgan fingerprint density at radius 3 is 2.67 bits per heavy atom. The van der Waals surface area contributed by atoms with Crippen LogP contribution in [0.25, 0.3) is 11.4 Å². The van der Waals surface area contributed by atoms with Crippen LogP contribution in [0.3, 0.4) is 0 Å². The molecular weight excluding hydrogens is 398 g/mol. The van der Waals surface area contributed by atoms with Crippen molar-refractivity contribution in [1.29, 1.82) is 0 Å². The van der Waals surface area contributed by atoms with Crippen molar-refractivity contribution in [3.63, 3.8) is 0 Å². The Bertz CT molecular complexity index is 1030. The summed E-state index contributed by atoms with van der Waals surface area (Å²) in [6.45, 7) is 4.12. The molecule has 0 bridgehead atoms. The van der Waals surface area contributed by atoms with E-state index in [-0.39, 0.29) is 10.6 Å². The first-order chi connectivity index (χ1) is 14.7. The summed E-state index contributed by atoms with van der Waals surface area (Å²) in [6.07, 6.45) is 5.42. The highest BCUT2D eigenvalue weighted by Crippen LogP contribution is 2.35. The number of non-ortho nitro benzene ring substituents is 1. The van der Waals surface area contributed by atoms with Crippen LogP contribution in [-0.4, -0.2) is 44.2 Å². The number of fused-ring (bicyclic) bond motifs is 3. The van der Waals surface area contributed by atoms with E-state index in [4.69, 9.17) is 0 Å². The molecule has 5 rings (SSSR count). The Labute approximate surface area is 179 Å². The van der Waals surface area contributed by atoms with Gasteiger partial charge >= 0.3 is 0 Å². The van der Waals surface area contributed by atoms with Crippen molar-refractivity contribution in [2.75, 3.05) is 19.6 Å². The van der Waals surface area contributed by atoms with Crippen LogP contribution in [0, 0.1) is 10.1 Å². The molecule has 4 heterocycles. The molecule has 2 aliphatic heterocycles. The number of nitrogens with zero attached hydrogens (tertiary/aromatic N) is 5. The highest BCUT2D eigenvalue weighted by atomic mass is 32.1. The molecule has 2 aliphatic rings. The molecule has 1 aromatic carbocycles. The first-order valence-electron chi connectivity index (χ1n) is 10.6. The second-order valence-corrected chi connectivity index (χ2v) is 9.18. The van der Waals surface area contributed by atoms with E-state index in [9.17, 15) is 10.1 Å². The molecule has 8 heteroatoms. The lowest BCUT2D eigenvalue weighted by Crippen LogP contribution is -2.35. The Kier molecular flexibility index (Phi) is 5.35. The number of thiophene rings is 1. The van der Waals surface area contributed by atoms with Crippen molar-refractivity contribution in [2.24, 2.45) is 0 Å². The maximum absolute atomic E-state index is 10.8. The molecule has 1 saturated heterocycles. The van der Waals surface area contributed by atoms with Gasteiger partial charge in [-0.15, -0.1) is 21.5 Å². The van der Waals surface area contributed by atoms with E-state index in [1.165, 1.54) is 16.3 Å². The summed E-state index contributed by atoms with van der Waals surface area (Å²) in [7, 11) is 0. The molecule has 156 valence electrons. The lowest BCUT2D eigenvalue weighted by atomic mass is 9.95. The maximum Gasteiger partial charge on any atom is 0.269 e. The highest BCUT2D eigenvalue weighted by Gasteiger charge is 2.28. The normalized spacial score (nSPS) is 17.3. The van der Waals surface area contributed by atoms with Gasteiger partial charge in [-0.3, -0.25) is 10.1 Å². The van der Waals surface area contributed by atoms with Crippen molar-refractivity contribution < 1.29 is 4.92 Å². The van der Waals surface area contributed by atoms with Gasteiger partial charge < -0.3 is 9.47 Å². The van der Waals surface area contributed by atoms with E-state index in [0.717, 1.165) is 69.7 Å². The fourth-order valence-electron chi connectivity index (χ4n) is 4.65. The Balaban J connectivity index is 1.20. The van der Waals surface area contributed by atoms with Crippen LogP contribution >= 0.6 is 11.3 Å². The van der Waals surface area contributed by atoms with E-state index in [2.05, 4.69) is 31.1 Å². The molecular formula is C22H25N5O2S. The summed E-state index contributed by atoms with van der Waals surface area (Å²) in [6, 6.07) is 9.12. The molecule has 30 heavy (non-hydrogen) atoms. The van der Waals surface area contributed by atoms with Gasteiger partial charge in [0.05, 0.1) is 4.92 Å². The minimum absolute atomic E-state index is 0.154. The molecule has 0 spiro atoms. The first-order valence-corrected chi connectivity index (χ1v) is 11.5.